The van der Waals surface area contributed by atoms with Gasteiger partial charge in [0.2, 0.25) is 0 Å². The Balaban J connectivity index is 0.00000529. The number of hydrogen-bond donors (Lipinski definition) is 2. The van der Waals surface area contributed by atoms with Crippen molar-refractivity contribution in [1.29, 1.82) is 0 Å². The molecule has 0 aromatic heterocycles. The molecule has 0 fully saturated rings. The first-order chi connectivity index (χ1) is 11.0. The van der Waals surface area contributed by atoms with Crippen LogP contribution < -0.4 is 15.4 Å². The highest BCUT2D eigenvalue weighted by molar-refractivity contribution is 14.0. The lowest BCUT2D eigenvalue weighted by Crippen LogP contribution is -2.40. The van der Waals surface area contributed by atoms with E-state index in [4.69, 9.17) is 14.5 Å². The second-order valence-corrected chi connectivity index (χ2v) is 5.93. The van der Waals surface area contributed by atoms with Crippen LogP contribution >= 0.6 is 24.0 Å². The number of aliphatic imine (C=N–C) groups is 1. The van der Waals surface area contributed by atoms with Crippen LogP contribution in [0.15, 0.2) is 29.3 Å². The van der Waals surface area contributed by atoms with E-state index >= 15 is 0 Å². The highest BCUT2D eigenvalue weighted by Gasteiger charge is 2.20. The fraction of sp³-hybridized carbons (Fsp3) is 0.611. The number of halogens is 1. The summed E-state index contributed by atoms with van der Waals surface area (Å²) in [6.07, 6.45) is 0. The van der Waals surface area contributed by atoms with E-state index < -0.39 is 0 Å². The van der Waals surface area contributed by atoms with Gasteiger partial charge in [0.15, 0.2) is 5.96 Å². The highest BCUT2D eigenvalue weighted by atomic mass is 127. The van der Waals surface area contributed by atoms with Crippen molar-refractivity contribution in [1.82, 2.24) is 10.6 Å². The number of methoxy groups -OCH3 is 1. The van der Waals surface area contributed by atoms with E-state index in [0.29, 0.717) is 13.2 Å². The molecule has 1 rings (SSSR count). The first kappa shape index (κ1) is 23.0. The Labute approximate surface area is 163 Å². The van der Waals surface area contributed by atoms with E-state index in [1.54, 1.807) is 7.11 Å². The number of benzene rings is 1. The van der Waals surface area contributed by atoms with Gasteiger partial charge < -0.3 is 20.1 Å². The molecule has 6 heteroatoms. The summed E-state index contributed by atoms with van der Waals surface area (Å²) in [7, 11) is 1.68. The van der Waals surface area contributed by atoms with E-state index in [1.165, 1.54) is 5.56 Å². The minimum Gasteiger partial charge on any atom is -0.497 e. The van der Waals surface area contributed by atoms with Crippen LogP contribution in [0.2, 0.25) is 0 Å². The van der Waals surface area contributed by atoms with Crippen LogP contribution in [0.25, 0.3) is 0 Å². The summed E-state index contributed by atoms with van der Waals surface area (Å²) >= 11 is 0. The first-order valence-corrected chi connectivity index (χ1v) is 8.28. The van der Waals surface area contributed by atoms with E-state index in [-0.39, 0.29) is 29.4 Å². The SMILES string of the molecule is CCNC(=NCC(C)(C)c1ccc(OC)cc1)NCCOCC.I. The van der Waals surface area contributed by atoms with Gasteiger partial charge in [0.05, 0.1) is 20.3 Å². The highest BCUT2D eigenvalue weighted by Crippen LogP contribution is 2.25. The van der Waals surface area contributed by atoms with Gasteiger partial charge in [0.1, 0.15) is 5.75 Å². The van der Waals surface area contributed by atoms with Crippen LogP contribution in [-0.2, 0) is 10.2 Å². The predicted octanol–water partition coefficient (Wildman–Crippen LogP) is 3.18. The molecule has 0 bridgehead atoms. The lowest BCUT2D eigenvalue weighted by atomic mass is 9.85. The van der Waals surface area contributed by atoms with Crippen molar-refractivity contribution >= 4 is 29.9 Å². The molecule has 0 saturated carbocycles. The minimum absolute atomic E-state index is 0. The molecular formula is C18H32IN3O2. The van der Waals surface area contributed by atoms with Gasteiger partial charge in [0.25, 0.3) is 0 Å². The maximum atomic E-state index is 5.34. The first-order valence-electron chi connectivity index (χ1n) is 8.28. The molecule has 0 spiro atoms. The van der Waals surface area contributed by atoms with E-state index in [9.17, 15) is 0 Å². The average Bonchev–Trinajstić information content (AvgIpc) is 2.56. The lowest BCUT2D eigenvalue weighted by molar-refractivity contribution is 0.152. The Bertz CT molecular complexity index is 476. The third kappa shape index (κ3) is 8.19. The summed E-state index contributed by atoms with van der Waals surface area (Å²) in [4.78, 5) is 4.71. The summed E-state index contributed by atoms with van der Waals surface area (Å²) < 4.78 is 10.6. The molecule has 24 heavy (non-hydrogen) atoms. The molecule has 1 aromatic carbocycles. The molecule has 2 N–H and O–H groups in total. The lowest BCUT2D eigenvalue weighted by Gasteiger charge is -2.24. The Kier molecular flexibility index (Phi) is 11.8. The molecule has 5 nitrogen and oxygen atoms in total. The second-order valence-electron chi connectivity index (χ2n) is 5.93. The summed E-state index contributed by atoms with van der Waals surface area (Å²) in [5.41, 5.74) is 1.20. The van der Waals surface area contributed by atoms with Crippen LogP contribution in [0.1, 0.15) is 33.3 Å². The Morgan fingerprint density at radius 1 is 1.12 bits per heavy atom. The fourth-order valence-electron chi connectivity index (χ4n) is 2.14. The molecule has 138 valence electrons. The van der Waals surface area contributed by atoms with Gasteiger partial charge in [0, 0.05) is 25.1 Å². The quantitative estimate of drug-likeness (QED) is 0.263. The van der Waals surface area contributed by atoms with Crippen LogP contribution in [0.5, 0.6) is 5.75 Å². The minimum atomic E-state index is -0.0471. The normalized spacial score (nSPS) is 11.6. The van der Waals surface area contributed by atoms with Crippen molar-refractivity contribution in [3.8, 4) is 5.75 Å². The zero-order chi connectivity index (χ0) is 17.1. The maximum absolute atomic E-state index is 5.34. The zero-order valence-electron chi connectivity index (χ0n) is 15.5. The Morgan fingerprint density at radius 2 is 1.79 bits per heavy atom. The number of guanidine groups is 1. The van der Waals surface area contributed by atoms with Crippen molar-refractivity contribution in [2.24, 2.45) is 4.99 Å². The average molecular weight is 449 g/mol. The number of ether oxygens (including phenoxy) is 2. The van der Waals surface area contributed by atoms with Crippen molar-refractivity contribution in [3.63, 3.8) is 0 Å². The number of hydrogen-bond acceptors (Lipinski definition) is 3. The molecule has 0 aliphatic heterocycles. The summed E-state index contributed by atoms with van der Waals surface area (Å²) in [6, 6.07) is 8.19. The van der Waals surface area contributed by atoms with Gasteiger partial charge in [-0.3, -0.25) is 4.99 Å². The fourth-order valence-corrected chi connectivity index (χ4v) is 2.14. The molecule has 0 amide bonds. The van der Waals surface area contributed by atoms with E-state index in [1.807, 2.05) is 19.1 Å². The smallest absolute Gasteiger partial charge is 0.191 e. The maximum Gasteiger partial charge on any atom is 0.191 e. The van der Waals surface area contributed by atoms with Crippen molar-refractivity contribution in [2.75, 3.05) is 40.0 Å². The zero-order valence-corrected chi connectivity index (χ0v) is 17.8. The predicted molar refractivity (Wildman–Crippen MR) is 112 cm³/mol. The number of nitrogens with zero attached hydrogens (tertiary/aromatic N) is 1. The molecule has 0 aliphatic rings. The monoisotopic (exact) mass is 449 g/mol. The van der Waals surface area contributed by atoms with Gasteiger partial charge in [-0.15, -0.1) is 24.0 Å². The van der Waals surface area contributed by atoms with Gasteiger partial charge in [-0.25, -0.2) is 0 Å². The third-order valence-electron chi connectivity index (χ3n) is 3.59. The molecule has 1 aromatic rings. The van der Waals surface area contributed by atoms with Crippen molar-refractivity contribution < 1.29 is 9.47 Å². The van der Waals surface area contributed by atoms with Crippen LogP contribution in [-0.4, -0.2) is 45.9 Å². The molecule has 0 atom stereocenters. The molecular weight excluding hydrogens is 417 g/mol. The van der Waals surface area contributed by atoms with Gasteiger partial charge in [-0.05, 0) is 31.5 Å². The van der Waals surface area contributed by atoms with Gasteiger partial charge in [-0.2, -0.15) is 0 Å². The summed E-state index contributed by atoms with van der Waals surface area (Å²) in [6.45, 7) is 12.2. The van der Waals surface area contributed by atoms with Crippen molar-refractivity contribution in [2.45, 2.75) is 33.1 Å². The van der Waals surface area contributed by atoms with E-state index in [0.717, 1.165) is 31.4 Å². The topological polar surface area (TPSA) is 54.9 Å². The Morgan fingerprint density at radius 3 is 2.33 bits per heavy atom. The third-order valence-corrected chi connectivity index (χ3v) is 3.59. The number of rotatable bonds is 9. The summed E-state index contributed by atoms with van der Waals surface area (Å²) in [5.74, 6) is 1.70. The molecule has 0 heterocycles. The molecule has 0 unspecified atom stereocenters. The standard InChI is InChI=1S/C18H31N3O2.HI/c1-6-19-17(20-12-13-23-7-2)21-14-18(3,4)15-8-10-16(22-5)11-9-15;/h8-11H,6-7,12-14H2,1-5H3,(H2,19,20,21);1H. The largest absolute Gasteiger partial charge is 0.497 e. The van der Waals surface area contributed by atoms with Crippen LogP contribution in [0.3, 0.4) is 0 Å². The van der Waals surface area contributed by atoms with Crippen LogP contribution in [0.4, 0.5) is 0 Å². The van der Waals surface area contributed by atoms with Gasteiger partial charge >= 0.3 is 0 Å². The molecule has 0 saturated heterocycles. The van der Waals surface area contributed by atoms with Gasteiger partial charge in [-0.1, -0.05) is 26.0 Å². The van der Waals surface area contributed by atoms with E-state index in [2.05, 4.69) is 43.5 Å². The molecule has 0 radical (unpaired) electrons. The van der Waals surface area contributed by atoms with Crippen molar-refractivity contribution in [3.05, 3.63) is 29.8 Å². The van der Waals surface area contributed by atoms with Crippen LogP contribution in [0, 0.1) is 0 Å². The Hall–Kier alpha value is -1.02. The number of nitrogens with one attached hydrogen (secondary N) is 2. The summed E-state index contributed by atoms with van der Waals surface area (Å²) in [5, 5.41) is 6.56. The second kappa shape index (κ2) is 12.4. The molecule has 0 aliphatic carbocycles.